The summed E-state index contributed by atoms with van der Waals surface area (Å²) in [4.78, 5) is 5.78. The summed E-state index contributed by atoms with van der Waals surface area (Å²) < 4.78 is 6.49. The molecule has 1 aromatic carbocycles. The van der Waals surface area contributed by atoms with E-state index in [1.165, 1.54) is 10.9 Å². The van der Waals surface area contributed by atoms with Crippen LogP contribution >= 0.6 is 15.9 Å². The average Bonchev–Trinajstić information content (AvgIpc) is 2.75. The van der Waals surface area contributed by atoms with Gasteiger partial charge < -0.3 is 19.9 Å². The van der Waals surface area contributed by atoms with E-state index in [0.29, 0.717) is 6.04 Å². The van der Waals surface area contributed by atoms with Gasteiger partial charge in [-0.05, 0) is 41.0 Å². The van der Waals surface area contributed by atoms with Crippen molar-refractivity contribution < 1.29 is 4.74 Å². The second kappa shape index (κ2) is 5.76. The molecule has 5 heteroatoms. The van der Waals surface area contributed by atoms with Crippen LogP contribution in [0.2, 0.25) is 0 Å². The van der Waals surface area contributed by atoms with Crippen LogP contribution in [0.15, 0.2) is 22.8 Å². The van der Waals surface area contributed by atoms with E-state index < -0.39 is 0 Å². The zero-order valence-corrected chi connectivity index (χ0v) is 13.5. The highest BCUT2D eigenvalue weighted by Gasteiger charge is 2.20. The van der Waals surface area contributed by atoms with Gasteiger partial charge in [-0.3, -0.25) is 0 Å². The van der Waals surface area contributed by atoms with Crippen LogP contribution in [-0.2, 0) is 6.42 Å². The first-order valence-corrected chi connectivity index (χ1v) is 7.73. The van der Waals surface area contributed by atoms with Gasteiger partial charge in [0.2, 0.25) is 0 Å². The molecule has 0 radical (unpaired) electrons. The van der Waals surface area contributed by atoms with Crippen molar-refractivity contribution in [2.24, 2.45) is 0 Å². The van der Waals surface area contributed by atoms with E-state index in [2.05, 4.69) is 44.2 Å². The monoisotopic (exact) mass is 337 g/mol. The molecule has 1 unspecified atom stereocenters. The van der Waals surface area contributed by atoms with Crippen molar-refractivity contribution in [2.45, 2.75) is 12.5 Å². The Morgan fingerprint density at radius 1 is 1.45 bits per heavy atom. The third kappa shape index (κ3) is 2.57. The van der Waals surface area contributed by atoms with Crippen molar-refractivity contribution in [3.8, 4) is 5.75 Å². The lowest BCUT2D eigenvalue weighted by Crippen LogP contribution is -2.49. The molecule has 1 aliphatic rings. The summed E-state index contributed by atoms with van der Waals surface area (Å²) in [6, 6.07) is 6.68. The number of ether oxygens (including phenoxy) is 1. The topological polar surface area (TPSA) is 40.3 Å². The number of aromatic amines is 1. The Morgan fingerprint density at radius 3 is 3.05 bits per heavy atom. The van der Waals surface area contributed by atoms with E-state index in [1.54, 1.807) is 7.11 Å². The van der Waals surface area contributed by atoms with E-state index in [0.717, 1.165) is 41.9 Å². The van der Waals surface area contributed by atoms with Crippen molar-refractivity contribution in [2.75, 3.05) is 33.8 Å². The van der Waals surface area contributed by atoms with Gasteiger partial charge in [0.25, 0.3) is 0 Å². The normalized spacial score (nSPS) is 20.4. The predicted molar refractivity (Wildman–Crippen MR) is 85.5 cm³/mol. The standard InChI is InChI=1S/C15H20BrN3O/c1-19-7-6-17-10(9-19)8-12-11-4-3-5-13(20-2)14(11)18-15(12)16/h3-5,10,17-18H,6-9H2,1-2H3. The van der Waals surface area contributed by atoms with Gasteiger partial charge in [0, 0.05) is 31.1 Å². The minimum Gasteiger partial charge on any atom is -0.495 e. The summed E-state index contributed by atoms with van der Waals surface area (Å²) >= 11 is 3.66. The molecular weight excluding hydrogens is 318 g/mol. The Hall–Kier alpha value is -1.04. The number of fused-ring (bicyclic) bond motifs is 1. The fourth-order valence-corrected chi connectivity index (χ4v) is 3.53. The van der Waals surface area contributed by atoms with Gasteiger partial charge in [0.15, 0.2) is 0 Å². The quantitative estimate of drug-likeness (QED) is 0.903. The summed E-state index contributed by atoms with van der Waals surface area (Å²) in [5.74, 6) is 0.892. The number of rotatable bonds is 3. The molecule has 2 aromatic rings. The molecule has 20 heavy (non-hydrogen) atoms. The van der Waals surface area contributed by atoms with Crippen LogP contribution in [0.3, 0.4) is 0 Å². The first kappa shape index (κ1) is 13.9. The van der Waals surface area contributed by atoms with Gasteiger partial charge >= 0.3 is 0 Å². The molecule has 2 heterocycles. The molecule has 1 aromatic heterocycles. The maximum absolute atomic E-state index is 5.43. The van der Waals surface area contributed by atoms with Crippen molar-refractivity contribution in [1.29, 1.82) is 0 Å². The fourth-order valence-electron chi connectivity index (χ4n) is 2.96. The summed E-state index contributed by atoms with van der Waals surface area (Å²) in [7, 11) is 3.89. The summed E-state index contributed by atoms with van der Waals surface area (Å²) in [6.45, 7) is 3.27. The molecule has 0 amide bonds. The molecular formula is C15H20BrN3O. The Balaban J connectivity index is 1.93. The van der Waals surface area contributed by atoms with E-state index >= 15 is 0 Å². The number of hydrogen-bond donors (Lipinski definition) is 2. The van der Waals surface area contributed by atoms with Gasteiger partial charge in [-0.2, -0.15) is 0 Å². The molecule has 0 aliphatic carbocycles. The second-order valence-corrected chi connectivity index (χ2v) is 6.21. The number of nitrogens with one attached hydrogen (secondary N) is 2. The van der Waals surface area contributed by atoms with E-state index in [1.807, 2.05) is 12.1 Å². The van der Waals surface area contributed by atoms with Crippen LogP contribution < -0.4 is 10.1 Å². The average molecular weight is 338 g/mol. The van der Waals surface area contributed by atoms with Gasteiger partial charge in [0.05, 0.1) is 17.2 Å². The number of likely N-dealkylation sites (N-methyl/N-ethyl adjacent to an activating group) is 1. The Bertz CT molecular complexity index is 610. The van der Waals surface area contributed by atoms with Crippen molar-refractivity contribution in [3.63, 3.8) is 0 Å². The molecule has 1 aliphatic heterocycles. The molecule has 1 fully saturated rings. The molecule has 0 spiro atoms. The molecule has 1 saturated heterocycles. The highest BCUT2D eigenvalue weighted by atomic mass is 79.9. The molecule has 1 atom stereocenters. The molecule has 3 rings (SSSR count). The summed E-state index contributed by atoms with van der Waals surface area (Å²) in [5, 5.41) is 4.84. The Morgan fingerprint density at radius 2 is 2.30 bits per heavy atom. The van der Waals surface area contributed by atoms with Crippen LogP contribution in [-0.4, -0.2) is 49.7 Å². The molecule has 4 nitrogen and oxygen atoms in total. The van der Waals surface area contributed by atoms with Crippen LogP contribution in [0.25, 0.3) is 10.9 Å². The number of halogens is 1. The Kier molecular flexibility index (Phi) is 4.01. The lowest BCUT2D eigenvalue weighted by Gasteiger charge is -2.31. The third-order valence-electron chi connectivity index (χ3n) is 3.98. The fraction of sp³-hybridized carbons (Fsp3) is 0.467. The number of hydrogen-bond acceptors (Lipinski definition) is 3. The maximum atomic E-state index is 5.43. The lowest BCUT2D eigenvalue weighted by atomic mass is 10.0. The number of nitrogens with zero attached hydrogens (tertiary/aromatic N) is 1. The van der Waals surface area contributed by atoms with Crippen LogP contribution in [0.1, 0.15) is 5.56 Å². The predicted octanol–water partition coefficient (Wildman–Crippen LogP) is 2.39. The molecule has 108 valence electrons. The van der Waals surface area contributed by atoms with Crippen molar-refractivity contribution in [3.05, 3.63) is 28.4 Å². The van der Waals surface area contributed by atoms with Crippen molar-refractivity contribution >= 4 is 26.8 Å². The number of H-pyrrole nitrogens is 1. The largest absolute Gasteiger partial charge is 0.495 e. The van der Waals surface area contributed by atoms with Crippen LogP contribution in [0.4, 0.5) is 0 Å². The molecule has 0 saturated carbocycles. The second-order valence-electron chi connectivity index (χ2n) is 5.42. The number of piperazine rings is 1. The number of aromatic nitrogens is 1. The van der Waals surface area contributed by atoms with Crippen molar-refractivity contribution in [1.82, 2.24) is 15.2 Å². The Labute approximate surface area is 127 Å². The zero-order chi connectivity index (χ0) is 14.1. The van der Waals surface area contributed by atoms with Gasteiger partial charge in [-0.15, -0.1) is 0 Å². The van der Waals surface area contributed by atoms with Gasteiger partial charge in [-0.1, -0.05) is 12.1 Å². The first-order valence-electron chi connectivity index (χ1n) is 6.94. The third-order valence-corrected chi connectivity index (χ3v) is 4.66. The lowest BCUT2D eigenvalue weighted by molar-refractivity contribution is 0.238. The van der Waals surface area contributed by atoms with E-state index in [4.69, 9.17) is 4.74 Å². The highest BCUT2D eigenvalue weighted by molar-refractivity contribution is 9.10. The number of benzene rings is 1. The SMILES string of the molecule is COc1cccc2c(CC3CN(C)CCN3)c(Br)[nH]c12. The number of methoxy groups -OCH3 is 1. The van der Waals surface area contributed by atoms with Crippen LogP contribution in [0.5, 0.6) is 5.75 Å². The summed E-state index contributed by atoms with van der Waals surface area (Å²) in [6.07, 6.45) is 1.01. The molecule has 2 N–H and O–H groups in total. The van der Waals surface area contributed by atoms with Gasteiger partial charge in [0.1, 0.15) is 5.75 Å². The van der Waals surface area contributed by atoms with E-state index in [-0.39, 0.29) is 0 Å². The zero-order valence-electron chi connectivity index (χ0n) is 11.9. The minimum atomic E-state index is 0.496. The van der Waals surface area contributed by atoms with Gasteiger partial charge in [-0.25, -0.2) is 0 Å². The molecule has 0 bridgehead atoms. The number of para-hydroxylation sites is 1. The maximum Gasteiger partial charge on any atom is 0.142 e. The first-order chi connectivity index (χ1) is 9.69. The van der Waals surface area contributed by atoms with Crippen LogP contribution in [0, 0.1) is 0 Å². The van der Waals surface area contributed by atoms with E-state index in [9.17, 15) is 0 Å². The highest BCUT2D eigenvalue weighted by Crippen LogP contribution is 2.33. The minimum absolute atomic E-state index is 0.496. The smallest absolute Gasteiger partial charge is 0.142 e. The summed E-state index contributed by atoms with van der Waals surface area (Å²) in [5.41, 5.74) is 2.40.